The second-order valence-corrected chi connectivity index (χ2v) is 5.37. The highest BCUT2D eigenvalue weighted by Gasteiger charge is 2.25. The van der Waals surface area contributed by atoms with Gasteiger partial charge in [-0.25, -0.2) is 4.98 Å². The Hall–Kier alpha value is -2.83. The van der Waals surface area contributed by atoms with Gasteiger partial charge >= 0.3 is 0 Å². The number of piperidine rings is 1. The van der Waals surface area contributed by atoms with Crippen LogP contribution in [-0.2, 0) is 0 Å². The Labute approximate surface area is 133 Å². The molecule has 0 bridgehead atoms. The summed E-state index contributed by atoms with van der Waals surface area (Å²) in [6.45, 7) is 1.22. The normalized spacial score (nSPS) is 15.2. The summed E-state index contributed by atoms with van der Waals surface area (Å²) in [5, 5.41) is 2.94. The first kappa shape index (κ1) is 15.1. The van der Waals surface area contributed by atoms with Crippen LogP contribution in [-0.4, -0.2) is 50.8 Å². The van der Waals surface area contributed by atoms with E-state index in [1.807, 2.05) is 0 Å². The summed E-state index contributed by atoms with van der Waals surface area (Å²) >= 11 is 0. The Bertz CT molecular complexity index is 669. The molecule has 7 nitrogen and oxygen atoms in total. The number of hydrogen-bond acceptors (Lipinski definition) is 5. The van der Waals surface area contributed by atoms with Crippen LogP contribution in [0.15, 0.2) is 43.1 Å². The average Bonchev–Trinajstić information content (AvgIpc) is 2.63. The van der Waals surface area contributed by atoms with Gasteiger partial charge in [-0.1, -0.05) is 0 Å². The Morgan fingerprint density at radius 3 is 2.52 bits per heavy atom. The topological polar surface area (TPSA) is 88.1 Å². The molecule has 23 heavy (non-hydrogen) atoms. The molecule has 3 rings (SSSR count). The number of aromatic nitrogens is 3. The molecule has 0 atom stereocenters. The van der Waals surface area contributed by atoms with Gasteiger partial charge in [-0.05, 0) is 25.0 Å². The van der Waals surface area contributed by atoms with Crippen LogP contribution in [0.25, 0.3) is 0 Å². The summed E-state index contributed by atoms with van der Waals surface area (Å²) in [5.74, 6) is -0.244. The maximum absolute atomic E-state index is 12.3. The van der Waals surface area contributed by atoms with Gasteiger partial charge in [-0.3, -0.25) is 19.6 Å². The lowest BCUT2D eigenvalue weighted by Gasteiger charge is -2.32. The second-order valence-electron chi connectivity index (χ2n) is 5.37. The van der Waals surface area contributed by atoms with E-state index in [2.05, 4.69) is 20.3 Å². The average molecular weight is 311 g/mol. The molecule has 1 aliphatic heterocycles. The summed E-state index contributed by atoms with van der Waals surface area (Å²) in [6.07, 6.45) is 9.12. The van der Waals surface area contributed by atoms with E-state index in [0.717, 1.165) is 12.8 Å². The third-order valence-corrected chi connectivity index (χ3v) is 3.82. The Kier molecular flexibility index (Phi) is 4.56. The number of likely N-dealkylation sites (tertiary alicyclic amines) is 1. The Morgan fingerprint density at radius 2 is 1.87 bits per heavy atom. The molecule has 3 heterocycles. The minimum atomic E-state index is -0.227. The first-order chi connectivity index (χ1) is 11.2. The summed E-state index contributed by atoms with van der Waals surface area (Å²) in [7, 11) is 0. The SMILES string of the molecule is O=C(NC1CCN(C(=O)c2cccnc2)CC1)c1cnccn1. The summed E-state index contributed by atoms with van der Waals surface area (Å²) in [4.78, 5) is 38.0. The summed E-state index contributed by atoms with van der Waals surface area (Å²) < 4.78 is 0. The molecule has 1 saturated heterocycles. The third-order valence-electron chi connectivity index (χ3n) is 3.82. The van der Waals surface area contributed by atoms with Crippen molar-refractivity contribution < 1.29 is 9.59 Å². The van der Waals surface area contributed by atoms with Gasteiger partial charge in [-0.15, -0.1) is 0 Å². The van der Waals surface area contributed by atoms with Crippen molar-refractivity contribution in [2.45, 2.75) is 18.9 Å². The van der Waals surface area contributed by atoms with Crippen molar-refractivity contribution in [3.8, 4) is 0 Å². The van der Waals surface area contributed by atoms with E-state index in [0.29, 0.717) is 24.3 Å². The molecule has 0 aliphatic carbocycles. The van der Waals surface area contributed by atoms with Gasteiger partial charge in [0, 0.05) is 43.9 Å². The van der Waals surface area contributed by atoms with Crippen LogP contribution < -0.4 is 5.32 Å². The predicted octanol–water partition coefficient (Wildman–Crippen LogP) is 0.906. The fraction of sp³-hybridized carbons (Fsp3) is 0.312. The van der Waals surface area contributed by atoms with E-state index < -0.39 is 0 Å². The van der Waals surface area contributed by atoms with Gasteiger partial charge in [0.1, 0.15) is 5.69 Å². The van der Waals surface area contributed by atoms with Crippen LogP contribution in [0.1, 0.15) is 33.7 Å². The van der Waals surface area contributed by atoms with Gasteiger partial charge < -0.3 is 10.2 Å². The molecule has 1 N–H and O–H groups in total. The lowest BCUT2D eigenvalue weighted by Crippen LogP contribution is -2.46. The first-order valence-electron chi connectivity index (χ1n) is 7.50. The van der Waals surface area contributed by atoms with E-state index in [1.54, 1.807) is 29.4 Å². The number of amides is 2. The molecule has 7 heteroatoms. The van der Waals surface area contributed by atoms with Crippen LogP contribution in [0.3, 0.4) is 0 Å². The maximum atomic E-state index is 12.3. The Balaban J connectivity index is 1.53. The number of carbonyl (C=O) groups is 2. The zero-order valence-electron chi connectivity index (χ0n) is 12.6. The van der Waals surface area contributed by atoms with Crippen molar-refractivity contribution in [1.82, 2.24) is 25.2 Å². The van der Waals surface area contributed by atoms with E-state index in [4.69, 9.17) is 0 Å². The molecule has 0 spiro atoms. The van der Waals surface area contributed by atoms with Gasteiger partial charge in [0.05, 0.1) is 11.8 Å². The first-order valence-corrected chi connectivity index (χ1v) is 7.50. The van der Waals surface area contributed by atoms with Crippen molar-refractivity contribution in [2.75, 3.05) is 13.1 Å². The molecule has 0 unspecified atom stereocenters. The lowest BCUT2D eigenvalue weighted by molar-refractivity contribution is 0.0697. The number of nitrogens with one attached hydrogen (secondary N) is 1. The van der Waals surface area contributed by atoms with Crippen LogP contribution >= 0.6 is 0 Å². The van der Waals surface area contributed by atoms with Crippen molar-refractivity contribution in [2.24, 2.45) is 0 Å². The van der Waals surface area contributed by atoms with Crippen LogP contribution in [0.4, 0.5) is 0 Å². The standard InChI is InChI=1S/C16H17N5O2/c22-15(14-11-18-6-7-19-14)20-13-3-8-21(9-4-13)16(23)12-2-1-5-17-10-12/h1-2,5-7,10-11,13H,3-4,8-9H2,(H,20,22). The summed E-state index contributed by atoms with van der Waals surface area (Å²) in [5.41, 5.74) is 0.899. The van der Waals surface area contributed by atoms with E-state index in [9.17, 15) is 9.59 Å². The number of nitrogens with zero attached hydrogens (tertiary/aromatic N) is 4. The van der Waals surface area contributed by atoms with Crippen LogP contribution in [0.2, 0.25) is 0 Å². The van der Waals surface area contributed by atoms with Crippen molar-refractivity contribution >= 4 is 11.8 Å². The molecule has 1 aliphatic rings. The molecule has 0 aromatic carbocycles. The van der Waals surface area contributed by atoms with Crippen LogP contribution in [0, 0.1) is 0 Å². The predicted molar refractivity (Wildman–Crippen MR) is 82.7 cm³/mol. The molecular weight excluding hydrogens is 294 g/mol. The minimum Gasteiger partial charge on any atom is -0.348 e. The quantitative estimate of drug-likeness (QED) is 0.910. The Morgan fingerprint density at radius 1 is 1.09 bits per heavy atom. The van der Waals surface area contributed by atoms with E-state index >= 15 is 0 Å². The third kappa shape index (κ3) is 3.68. The molecule has 2 aromatic heterocycles. The van der Waals surface area contributed by atoms with Gasteiger partial charge in [0.15, 0.2) is 0 Å². The molecule has 0 radical (unpaired) electrons. The van der Waals surface area contributed by atoms with E-state index in [1.165, 1.54) is 18.6 Å². The smallest absolute Gasteiger partial charge is 0.271 e. The second kappa shape index (κ2) is 6.95. The van der Waals surface area contributed by atoms with Crippen LogP contribution in [0.5, 0.6) is 0 Å². The van der Waals surface area contributed by atoms with Gasteiger partial charge in [0.25, 0.3) is 11.8 Å². The molecule has 2 amide bonds. The molecule has 1 fully saturated rings. The highest BCUT2D eigenvalue weighted by molar-refractivity contribution is 5.94. The monoisotopic (exact) mass is 311 g/mol. The number of hydrogen-bond donors (Lipinski definition) is 1. The zero-order valence-corrected chi connectivity index (χ0v) is 12.6. The highest BCUT2D eigenvalue weighted by atomic mass is 16.2. The molecule has 118 valence electrons. The number of carbonyl (C=O) groups excluding carboxylic acids is 2. The number of pyridine rings is 1. The van der Waals surface area contributed by atoms with Crippen molar-refractivity contribution in [3.05, 3.63) is 54.4 Å². The largest absolute Gasteiger partial charge is 0.348 e. The molecule has 2 aromatic rings. The van der Waals surface area contributed by atoms with Gasteiger partial charge in [-0.2, -0.15) is 0 Å². The molecule has 0 saturated carbocycles. The fourth-order valence-corrected chi connectivity index (χ4v) is 2.57. The molecular formula is C16H17N5O2. The fourth-order valence-electron chi connectivity index (χ4n) is 2.57. The maximum Gasteiger partial charge on any atom is 0.271 e. The summed E-state index contributed by atoms with van der Waals surface area (Å²) in [6, 6.07) is 3.56. The lowest BCUT2D eigenvalue weighted by atomic mass is 10.0. The highest BCUT2D eigenvalue weighted by Crippen LogP contribution is 2.14. The van der Waals surface area contributed by atoms with Gasteiger partial charge in [0.2, 0.25) is 0 Å². The number of rotatable bonds is 3. The zero-order chi connectivity index (χ0) is 16.1. The van der Waals surface area contributed by atoms with E-state index in [-0.39, 0.29) is 17.9 Å². The van der Waals surface area contributed by atoms with Crippen molar-refractivity contribution in [1.29, 1.82) is 0 Å². The van der Waals surface area contributed by atoms with Crippen molar-refractivity contribution in [3.63, 3.8) is 0 Å². The minimum absolute atomic E-state index is 0.0168.